The number of benzene rings is 6. The van der Waals surface area contributed by atoms with Gasteiger partial charge in [-0.1, -0.05) is 84.9 Å². The fourth-order valence-corrected chi connectivity index (χ4v) is 8.39. The van der Waals surface area contributed by atoms with Crippen molar-refractivity contribution in [2.75, 3.05) is 0 Å². The Morgan fingerprint density at radius 2 is 0.978 bits per heavy atom. The fourth-order valence-electron chi connectivity index (χ4n) is 7.25. The van der Waals surface area contributed by atoms with Gasteiger partial charge in [0.25, 0.3) is 0 Å². The van der Waals surface area contributed by atoms with Crippen LogP contribution in [0, 0.1) is 0 Å². The summed E-state index contributed by atoms with van der Waals surface area (Å²) in [6, 6.07) is 46.0. The summed E-state index contributed by atoms with van der Waals surface area (Å²) in [6.07, 6.45) is 3.11. The summed E-state index contributed by atoms with van der Waals surface area (Å²) in [5.74, 6) is 0.606. The van der Waals surface area contributed by atoms with Gasteiger partial charge < -0.3 is 4.57 Å². The molecule has 0 atom stereocenters. The zero-order valence-electron chi connectivity index (χ0n) is 23.9. The number of fused-ring (bicyclic) bond motifs is 9. The van der Waals surface area contributed by atoms with Crippen LogP contribution in [-0.2, 0) is 0 Å². The summed E-state index contributed by atoms with van der Waals surface area (Å²) < 4.78 is 7.20. The van der Waals surface area contributed by atoms with Crippen molar-refractivity contribution < 1.29 is 0 Å². The van der Waals surface area contributed by atoms with Crippen LogP contribution in [0.25, 0.3) is 86.5 Å². The molecule has 4 heterocycles. The smallest absolute Gasteiger partial charge is 0.237 e. The molecule has 0 aliphatic carbocycles. The number of hydrogen-bond donors (Lipinski definition) is 0. The molecule has 4 aromatic heterocycles. The third-order valence-corrected chi connectivity index (χ3v) is 10.1. The van der Waals surface area contributed by atoms with Crippen molar-refractivity contribution in [1.82, 2.24) is 24.1 Å². The average Bonchev–Trinajstić information content (AvgIpc) is 3.76. The molecule has 0 bridgehead atoms. The number of thiophene rings is 1. The summed E-state index contributed by atoms with van der Waals surface area (Å²) in [6.45, 7) is 0. The average molecular weight is 594 g/mol. The van der Waals surface area contributed by atoms with E-state index < -0.39 is 0 Å². The molecular formula is C39H23N5S. The van der Waals surface area contributed by atoms with Crippen molar-refractivity contribution in [2.45, 2.75) is 0 Å². The molecule has 10 rings (SSSR count). The maximum absolute atomic E-state index is 4.54. The molecule has 5 nitrogen and oxygen atoms in total. The number of rotatable bonds is 3. The first kappa shape index (κ1) is 24.6. The quantitative estimate of drug-likeness (QED) is 0.205. The van der Waals surface area contributed by atoms with Crippen molar-refractivity contribution in [1.29, 1.82) is 0 Å². The number of nitrogens with zero attached hydrogens (tertiary/aromatic N) is 5. The minimum Gasteiger partial charge on any atom is -0.309 e. The summed E-state index contributed by atoms with van der Waals surface area (Å²) in [5, 5.41) is 7.44. The van der Waals surface area contributed by atoms with Crippen molar-refractivity contribution >= 4 is 75.1 Å². The number of para-hydroxylation sites is 2. The van der Waals surface area contributed by atoms with E-state index in [0.29, 0.717) is 5.95 Å². The second kappa shape index (κ2) is 9.32. The highest BCUT2D eigenvalue weighted by Gasteiger charge is 2.22. The predicted octanol–water partition coefficient (Wildman–Crippen LogP) is 10.1. The zero-order chi connectivity index (χ0) is 29.5. The molecule has 210 valence electrons. The maximum atomic E-state index is 4.54. The van der Waals surface area contributed by atoms with E-state index in [4.69, 9.17) is 0 Å². The van der Waals surface area contributed by atoms with Gasteiger partial charge in [-0.2, -0.15) is 0 Å². The molecule has 0 amide bonds. The lowest BCUT2D eigenvalue weighted by atomic mass is 9.95. The van der Waals surface area contributed by atoms with Crippen molar-refractivity contribution in [3.05, 3.63) is 140 Å². The van der Waals surface area contributed by atoms with Crippen LogP contribution in [0.2, 0.25) is 0 Å². The third-order valence-electron chi connectivity index (χ3n) is 8.99. The molecule has 0 N–H and O–H groups in total. The van der Waals surface area contributed by atoms with Gasteiger partial charge in [0, 0.05) is 41.7 Å². The minimum absolute atomic E-state index is 0.606. The molecule has 0 saturated heterocycles. The molecule has 0 fully saturated rings. The van der Waals surface area contributed by atoms with Crippen molar-refractivity contribution in [3.63, 3.8) is 0 Å². The lowest BCUT2D eigenvalue weighted by molar-refractivity contribution is 0.939. The van der Waals surface area contributed by atoms with Crippen LogP contribution in [0.5, 0.6) is 0 Å². The summed E-state index contributed by atoms with van der Waals surface area (Å²) in [5.41, 5.74) is 8.10. The third kappa shape index (κ3) is 3.40. The van der Waals surface area contributed by atoms with Gasteiger partial charge >= 0.3 is 0 Å². The van der Waals surface area contributed by atoms with Crippen molar-refractivity contribution in [3.8, 4) is 22.8 Å². The van der Waals surface area contributed by atoms with Crippen LogP contribution in [0.1, 0.15) is 0 Å². The Bertz CT molecular complexity index is 2770. The zero-order valence-corrected chi connectivity index (χ0v) is 24.7. The van der Waals surface area contributed by atoms with E-state index in [9.17, 15) is 0 Å². The van der Waals surface area contributed by atoms with Gasteiger partial charge in [-0.25, -0.2) is 15.0 Å². The van der Waals surface area contributed by atoms with E-state index in [0.717, 1.165) is 27.5 Å². The van der Waals surface area contributed by atoms with Crippen molar-refractivity contribution in [2.24, 2.45) is 0 Å². The molecule has 6 heteroatoms. The Kier molecular flexibility index (Phi) is 5.09. The van der Waals surface area contributed by atoms with E-state index in [1.165, 1.54) is 53.1 Å². The Balaban J connectivity index is 1.35. The first-order chi connectivity index (χ1) is 22.4. The van der Waals surface area contributed by atoms with Gasteiger partial charge in [0.15, 0.2) is 0 Å². The minimum atomic E-state index is 0.606. The molecule has 6 aromatic carbocycles. The topological polar surface area (TPSA) is 48.5 Å². The van der Waals surface area contributed by atoms with Crippen LogP contribution in [0.15, 0.2) is 140 Å². The van der Waals surface area contributed by atoms with E-state index in [1.807, 2.05) is 11.3 Å². The highest BCUT2D eigenvalue weighted by atomic mass is 32.1. The van der Waals surface area contributed by atoms with E-state index in [1.54, 1.807) is 12.7 Å². The Labute approximate surface area is 261 Å². The Morgan fingerprint density at radius 3 is 1.78 bits per heavy atom. The van der Waals surface area contributed by atoms with Gasteiger partial charge in [0.05, 0.1) is 27.8 Å². The molecule has 0 spiro atoms. The van der Waals surface area contributed by atoms with Crippen LogP contribution in [0.3, 0.4) is 0 Å². The summed E-state index contributed by atoms with van der Waals surface area (Å²) >= 11 is 1.86. The summed E-state index contributed by atoms with van der Waals surface area (Å²) in [4.78, 5) is 13.1. The highest BCUT2D eigenvalue weighted by Crippen LogP contribution is 2.45. The predicted molar refractivity (Wildman–Crippen MR) is 187 cm³/mol. The van der Waals surface area contributed by atoms with E-state index in [-0.39, 0.29) is 0 Å². The fraction of sp³-hybridized carbons (Fsp3) is 0. The highest BCUT2D eigenvalue weighted by molar-refractivity contribution is 7.25. The lowest BCUT2D eigenvalue weighted by Crippen LogP contribution is -2.01. The largest absolute Gasteiger partial charge is 0.309 e. The second-order valence-electron chi connectivity index (χ2n) is 11.3. The molecule has 0 unspecified atom stereocenters. The van der Waals surface area contributed by atoms with Crippen LogP contribution >= 0.6 is 11.3 Å². The second-order valence-corrected chi connectivity index (χ2v) is 12.4. The Hall–Kier alpha value is -5.85. The molecule has 0 radical (unpaired) electrons. The molecule has 45 heavy (non-hydrogen) atoms. The normalized spacial score (nSPS) is 12.0. The van der Waals surface area contributed by atoms with Crippen LogP contribution in [-0.4, -0.2) is 24.1 Å². The summed E-state index contributed by atoms with van der Waals surface area (Å²) in [7, 11) is 0. The van der Waals surface area contributed by atoms with Crippen LogP contribution < -0.4 is 0 Å². The van der Waals surface area contributed by atoms with Gasteiger partial charge in [-0.3, -0.25) is 4.57 Å². The van der Waals surface area contributed by atoms with Crippen LogP contribution in [0.4, 0.5) is 0 Å². The van der Waals surface area contributed by atoms with Gasteiger partial charge in [-0.15, -0.1) is 11.3 Å². The molecule has 0 aliphatic rings. The monoisotopic (exact) mass is 593 g/mol. The standard InChI is InChI=1S/C39H23N5S/c1-4-15-29-26(10-1)36-24(25-14-8-21-35-37(25)28-12-3-6-20-34(28)45-35)13-7-17-31(36)43(29)32-18-9-19-33-38(32)27-11-2-5-16-30(27)44(33)39-41-22-40-23-42-39/h1-23H. The maximum Gasteiger partial charge on any atom is 0.237 e. The van der Waals surface area contributed by atoms with E-state index >= 15 is 0 Å². The van der Waals surface area contributed by atoms with Gasteiger partial charge in [0.2, 0.25) is 5.95 Å². The SMILES string of the molecule is c1ccc2c(c1)sc1cccc(-c3cccc4c3c3ccccc3n4-c3cccc4c3c3ccccc3n4-c3ncncn3)c12. The Morgan fingerprint density at radius 1 is 0.422 bits per heavy atom. The first-order valence-corrected chi connectivity index (χ1v) is 15.8. The van der Waals surface area contributed by atoms with Gasteiger partial charge in [-0.05, 0) is 53.6 Å². The lowest BCUT2D eigenvalue weighted by Gasteiger charge is -2.12. The number of aromatic nitrogens is 5. The molecule has 0 saturated carbocycles. The molecular weight excluding hydrogens is 571 g/mol. The number of hydrogen-bond acceptors (Lipinski definition) is 4. The molecule has 0 aliphatic heterocycles. The first-order valence-electron chi connectivity index (χ1n) is 14.9. The molecule has 10 aromatic rings. The van der Waals surface area contributed by atoms with E-state index in [2.05, 4.69) is 151 Å². The van der Waals surface area contributed by atoms with Gasteiger partial charge in [0.1, 0.15) is 12.7 Å².